The van der Waals surface area contributed by atoms with Gasteiger partial charge in [-0.15, -0.1) is 11.8 Å². The first kappa shape index (κ1) is 11.2. The zero-order chi connectivity index (χ0) is 12.8. The van der Waals surface area contributed by atoms with Crippen molar-refractivity contribution >= 4 is 22.7 Å². The number of thioether (sulfide) groups is 1. The van der Waals surface area contributed by atoms with Crippen LogP contribution in [0, 0.1) is 0 Å². The highest BCUT2D eigenvalue weighted by Crippen LogP contribution is 2.45. The molecule has 0 amide bonds. The number of fused-ring (bicyclic) bond motifs is 5. The third-order valence-electron chi connectivity index (χ3n) is 3.91. The Labute approximate surface area is 117 Å². The topological polar surface area (TPSA) is 4.93 Å². The van der Waals surface area contributed by atoms with E-state index in [1.807, 2.05) is 11.8 Å². The van der Waals surface area contributed by atoms with E-state index in [9.17, 15) is 0 Å². The van der Waals surface area contributed by atoms with Crippen LogP contribution < -0.4 is 0 Å². The van der Waals surface area contributed by atoms with Gasteiger partial charge < -0.3 is 4.57 Å². The summed E-state index contributed by atoms with van der Waals surface area (Å²) >= 11 is 1.96. The van der Waals surface area contributed by atoms with Gasteiger partial charge in [-0.2, -0.15) is 0 Å². The highest BCUT2D eigenvalue weighted by Gasteiger charge is 2.23. The lowest BCUT2D eigenvalue weighted by Crippen LogP contribution is -2.01. The average Bonchev–Trinajstić information content (AvgIpc) is 2.81. The Hall–Kier alpha value is -1.67. The van der Waals surface area contributed by atoms with E-state index in [4.69, 9.17) is 0 Å². The van der Waals surface area contributed by atoms with Gasteiger partial charge in [0.15, 0.2) is 0 Å². The van der Waals surface area contributed by atoms with Crippen LogP contribution in [0.2, 0.25) is 0 Å². The molecule has 1 aliphatic rings. The fourth-order valence-electron chi connectivity index (χ4n) is 3.10. The van der Waals surface area contributed by atoms with E-state index >= 15 is 0 Å². The molecular weight excluding hydrogens is 250 g/mol. The number of para-hydroxylation sites is 1. The molecule has 0 atom stereocenters. The van der Waals surface area contributed by atoms with Gasteiger partial charge in [0.2, 0.25) is 0 Å². The molecule has 2 aromatic carbocycles. The molecule has 0 saturated heterocycles. The standard InChI is InChI=1S/C17H15NS/c1-2-18-15-9-5-3-7-12(15)14-11-19-16-10-6-4-8-13(16)17(14)18/h3-10H,2,11H2,1H3. The number of benzene rings is 2. The maximum absolute atomic E-state index is 2.46. The SMILES string of the molecule is CCn1c2c(c3ccccc31)CSc1ccccc1-2. The molecule has 0 radical (unpaired) electrons. The number of hydrogen-bond donors (Lipinski definition) is 0. The number of rotatable bonds is 1. The lowest BCUT2D eigenvalue weighted by atomic mass is 10.1. The maximum atomic E-state index is 2.46. The Balaban J connectivity index is 2.15. The number of aryl methyl sites for hydroxylation is 1. The smallest absolute Gasteiger partial charge is 0.0543 e. The largest absolute Gasteiger partial charge is 0.340 e. The average molecular weight is 265 g/mol. The molecule has 0 aliphatic carbocycles. The Bertz CT molecular complexity index is 737. The first-order chi connectivity index (χ1) is 9.40. The minimum atomic E-state index is 1.02. The second kappa shape index (κ2) is 4.17. The number of aromatic nitrogens is 1. The molecule has 1 aliphatic heterocycles. The Morgan fingerprint density at radius 2 is 1.84 bits per heavy atom. The Morgan fingerprint density at radius 3 is 2.74 bits per heavy atom. The van der Waals surface area contributed by atoms with Crippen molar-refractivity contribution < 1.29 is 0 Å². The van der Waals surface area contributed by atoms with Crippen molar-refractivity contribution in [3.63, 3.8) is 0 Å². The summed E-state index contributed by atoms with van der Waals surface area (Å²) in [6.07, 6.45) is 0. The van der Waals surface area contributed by atoms with Crippen molar-refractivity contribution in [2.24, 2.45) is 0 Å². The molecule has 0 bridgehead atoms. The summed E-state index contributed by atoms with van der Waals surface area (Å²) in [5.74, 6) is 1.08. The molecule has 1 nitrogen and oxygen atoms in total. The molecule has 3 aromatic rings. The van der Waals surface area contributed by atoms with Crippen LogP contribution in [-0.4, -0.2) is 4.57 Å². The van der Waals surface area contributed by atoms with Crippen LogP contribution in [-0.2, 0) is 12.3 Å². The van der Waals surface area contributed by atoms with E-state index in [2.05, 4.69) is 60.0 Å². The summed E-state index contributed by atoms with van der Waals surface area (Å²) in [6, 6.07) is 17.6. The lowest BCUT2D eigenvalue weighted by Gasteiger charge is -2.18. The predicted molar refractivity (Wildman–Crippen MR) is 82.6 cm³/mol. The van der Waals surface area contributed by atoms with Crippen LogP contribution >= 0.6 is 11.8 Å². The van der Waals surface area contributed by atoms with Crippen molar-refractivity contribution in [2.75, 3.05) is 0 Å². The summed E-state index contributed by atoms with van der Waals surface area (Å²) in [5.41, 5.74) is 5.69. The lowest BCUT2D eigenvalue weighted by molar-refractivity contribution is 0.800. The third kappa shape index (κ3) is 1.50. The fraction of sp³-hybridized carbons (Fsp3) is 0.176. The van der Waals surface area contributed by atoms with Gasteiger partial charge in [-0.3, -0.25) is 0 Å². The van der Waals surface area contributed by atoms with Crippen LogP contribution in [0.4, 0.5) is 0 Å². The van der Waals surface area contributed by atoms with Crippen molar-refractivity contribution in [1.82, 2.24) is 4.57 Å². The highest BCUT2D eigenvalue weighted by atomic mass is 32.2. The molecule has 19 heavy (non-hydrogen) atoms. The van der Waals surface area contributed by atoms with Crippen LogP contribution in [0.3, 0.4) is 0 Å². The highest BCUT2D eigenvalue weighted by molar-refractivity contribution is 7.98. The summed E-state index contributed by atoms with van der Waals surface area (Å²) in [4.78, 5) is 1.41. The number of hydrogen-bond acceptors (Lipinski definition) is 1. The molecule has 1 aromatic heterocycles. The quantitative estimate of drug-likeness (QED) is 0.603. The summed E-state index contributed by atoms with van der Waals surface area (Å²) in [5, 5.41) is 1.42. The molecule has 0 unspecified atom stereocenters. The van der Waals surface area contributed by atoms with Gasteiger partial charge in [-0.1, -0.05) is 36.4 Å². The minimum absolute atomic E-state index is 1.02. The van der Waals surface area contributed by atoms with Crippen LogP contribution in [0.1, 0.15) is 12.5 Å². The first-order valence-corrected chi connectivity index (χ1v) is 7.71. The van der Waals surface area contributed by atoms with Gasteiger partial charge in [0, 0.05) is 33.7 Å². The van der Waals surface area contributed by atoms with E-state index in [1.165, 1.54) is 32.6 Å². The molecule has 0 N–H and O–H groups in total. The second-order valence-electron chi connectivity index (χ2n) is 4.87. The Morgan fingerprint density at radius 1 is 1.05 bits per heavy atom. The molecule has 0 saturated carbocycles. The van der Waals surface area contributed by atoms with E-state index < -0.39 is 0 Å². The fourth-order valence-corrected chi connectivity index (χ4v) is 4.18. The maximum Gasteiger partial charge on any atom is 0.0543 e. The molecular formula is C17H15NS. The molecule has 2 heterocycles. The van der Waals surface area contributed by atoms with Gasteiger partial charge in [0.1, 0.15) is 0 Å². The van der Waals surface area contributed by atoms with Gasteiger partial charge in [-0.25, -0.2) is 0 Å². The van der Waals surface area contributed by atoms with Gasteiger partial charge in [0.05, 0.1) is 5.69 Å². The zero-order valence-corrected chi connectivity index (χ0v) is 11.7. The molecule has 94 valence electrons. The van der Waals surface area contributed by atoms with E-state index in [1.54, 1.807) is 0 Å². The van der Waals surface area contributed by atoms with Crippen LogP contribution in [0.15, 0.2) is 53.4 Å². The summed E-state index contributed by atoms with van der Waals surface area (Å²) in [6.45, 7) is 3.26. The third-order valence-corrected chi connectivity index (χ3v) is 5.01. The Kier molecular flexibility index (Phi) is 2.46. The predicted octanol–water partition coefficient (Wildman–Crippen LogP) is 4.93. The van der Waals surface area contributed by atoms with Crippen molar-refractivity contribution in [3.05, 3.63) is 54.1 Å². The van der Waals surface area contributed by atoms with Gasteiger partial charge in [-0.05, 0) is 24.6 Å². The van der Waals surface area contributed by atoms with Crippen molar-refractivity contribution in [2.45, 2.75) is 24.1 Å². The van der Waals surface area contributed by atoms with Gasteiger partial charge in [0.25, 0.3) is 0 Å². The van der Waals surface area contributed by atoms with E-state index in [0.717, 1.165) is 12.3 Å². The summed E-state index contributed by atoms with van der Waals surface area (Å²) in [7, 11) is 0. The molecule has 4 rings (SSSR count). The number of nitrogens with zero attached hydrogens (tertiary/aromatic N) is 1. The monoisotopic (exact) mass is 265 g/mol. The zero-order valence-electron chi connectivity index (χ0n) is 10.9. The summed E-state index contributed by atoms with van der Waals surface area (Å²) < 4.78 is 2.46. The molecule has 0 spiro atoms. The van der Waals surface area contributed by atoms with Gasteiger partial charge >= 0.3 is 0 Å². The van der Waals surface area contributed by atoms with E-state index in [0.29, 0.717) is 0 Å². The first-order valence-electron chi connectivity index (χ1n) is 6.72. The van der Waals surface area contributed by atoms with Crippen molar-refractivity contribution in [3.8, 4) is 11.3 Å². The normalized spacial score (nSPS) is 13.3. The molecule has 2 heteroatoms. The molecule has 0 fully saturated rings. The minimum Gasteiger partial charge on any atom is -0.340 e. The van der Waals surface area contributed by atoms with E-state index in [-0.39, 0.29) is 0 Å². The van der Waals surface area contributed by atoms with Crippen LogP contribution in [0.25, 0.3) is 22.2 Å². The second-order valence-corrected chi connectivity index (χ2v) is 5.89. The van der Waals surface area contributed by atoms with Crippen LogP contribution in [0.5, 0.6) is 0 Å². The van der Waals surface area contributed by atoms with Crippen molar-refractivity contribution in [1.29, 1.82) is 0 Å².